The molecule has 1 heterocycles. The van der Waals surface area contributed by atoms with Crippen molar-refractivity contribution in [1.29, 1.82) is 0 Å². The molecule has 5 rings (SSSR count). The van der Waals surface area contributed by atoms with Crippen LogP contribution in [0.1, 0.15) is 38.5 Å². The fourth-order valence-corrected chi connectivity index (χ4v) is 6.37. The number of aromatic nitrogens is 3. The molecule has 4 bridgehead atoms. The minimum Gasteiger partial charge on any atom is -0.294 e. The van der Waals surface area contributed by atoms with Crippen LogP contribution >= 0.6 is 15.9 Å². The van der Waals surface area contributed by atoms with Crippen LogP contribution in [0.5, 0.6) is 0 Å². The average Bonchev–Trinajstić information content (AvgIpc) is 2.78. The van der Waals surface area contributed by atoms with Crippen LogP contribution in [0.4, 0.5) is 5.95 Å². The third-order valence-electron chi connectivity index (χ3n) is 5.12. The fraction of sp³-hybridized carbons (Fsp3) is 0.769. The summed E-state index contributed by atoms with van der Waals surface area (Å²) in [6.07, 6.45) is 8.24. The monoisotopic (exact) mass is 324 g/mol. The fourth-order valence-electron chi connectivity index (χ4n) is 4.92. The summed E-state index contributed by atoms with van der Waals surface area (Å²) in [5, 5.41) is 9.39. The third-order valence-corrected chi connectivity index (χ3v) is 6.05. The smallest absolute Gasteiger partial charge is 0.233 e. The summed E-state index contributed by atoms with van der Waals surface area (Å²) in [5.41, 5.74) is -0.194. The van der Waals surface area contributed by atoms with Gasteiger partial charge in [-0.05, 0) is 50.4 Å². The summed E-state index contributed by atoms with van der Waals surface area (Å²) in [5.74, 6) is 2.01. The molecule has 4 fully saturated rings. The zero-order valence-corrected chi connectivity index (χ0v) is 12.2. The van der Waals surface area contributed by atoms with Gasteiger partial charge < -0.3 is 0 Å². The Hall–Kier alpha value is -0.910. The lowest BCUT2D eigenvalue weighted by Gasteiger charge is -2.59. The SMILES string of the molecule is O=C(Nc1ncn[nH]1)C12CC3CC(CC(Br)(C3)C1)C2. The number of nitrogens with one attached hydrogen (secondary N) is 2. The quantitative estimate of drug-likeness (QED) is 0.821. The molecule has 5 nitrogen and oxygen atoms in total. The van der Waals surface area contributed by atoms with Crippen LogP contribution in [0.25, 0.3) is 0 Å². The summed E-state index contributed by atoms with van der Waals surface area (Å²) >= 11 is 3.92. The summed E-state index contributed by atoms with van der Waals surface area (Å²) in [6.45, 7) is 0. The van der Waals surface area contributed by atoms with Gasteiger partial charge in [-0.15, -0.1) is 0 Å². The highest BCUT2D eigenvalue weighted by Crippen LogP contribution is 2.64. The summed E-state index contributed by atoms with van der Waals surface area (Å²) in [6, 6.07) is 0. The number of carbonyl (C=O) groups is 1. The Morgan fingerprint density at radius 2 is 2.11 bits per heavy atom. The van der Waals surface area contributed by atoms with E-state index in [1.807, 2.05) is 0 Å². The predicted molar refractivity (Wildman–Crippen MR) is 73.8 cm³/mol. The Labute approximate surface area is 120 Å². The first-order valence-corrected chi connectivity index (χ1v) is 7.72. The van der Waals surface area contributed by atoms with Crippen LogP contribution in [0, 0.1) is 17.3 Å². The van der Waals surface area contributed by atoms with Gasteiger partial charge in [0.15, 0.2) is 0 Å². The second-order valence-corrected chi connectivity index (χ2v) is 8.36. The number of hydrogen-bond donors (Lipinski definition) is 2. The number of anilines is 1. The van der Waals surface area contributed by atoms with Crippen molar-refractivity contribution in [3.63, 3.8) is 0 Å². The van der Waals surface area contributed by atoms with Gasteiger partial charge in [0.05, 0.1) is 5.41 Å². The Morgan fingerprint density at radius 1 is 1.37 bits per heavy atom. The summed E-state index contributed by atoms with van der Waals surface area (Å²) < 4.78 is 0.204. The van der Waals surface area contributed by atoms with E-state index in [-0.39, 0.29) is 15.6 Å². The highest BCUT2D eigenvalue weighted by Gasteiger charge is 2.59. The number of nitrogens with zero attached hydrogens (tertiary/aromatic N) is 2. The standard InChI is InChI=1S/C13H17BrN4O/c14-13-4-8-1-9(5-13)3-12(2-8,6-13)10(19)17-11-15-7-16-18-11/h7-9H,1-6H2,(H2,15,16,17,18,19). The second kappa shape index (κ2) is 3.81. The van der Waals surface area contributed by atoms with E-state index >= 15 is 0 Å². The molecule has 4 aliphatic rings. The molecule has 0 radical (unpaired) electrons. The second-order valence-electron chi connectivity index (χ2n) is 6.68. The molecule has 0 saturated heterocycles. The number of rotatable bonds is 2. The van der Waals surface area contributed by atoms with Crippen LogP contribution in [0.15, 0.2) is 6.33 Å². The number of amides is 1. The first-order chi connectivity index (χ1) is 9.07. The lowest BCUT2D eigenvalue weighted by atomic mass is 9.49. The Balaban J connectivity index is 1.61. The highest BCUT2D eigenvalue weighted by atomic mass is 79.9. The molecule has 19 heavy (non-hydrogen) atoms. The van der Waals surface area contributed by atoms with E-state index < -0.39 is 0 Å². The summed E-state index contributed by atoms with van der Waals surface area (Å²) in [4.78, 5) is 16.7. The molecule has 2 N–H and O–H groups in total. The van der Waals surface area contributed by atoms with Gasteiger partial charge in [-0.3, -0.25) is 10.1 Å². The van der Waals surface area contributed by atoms with E-state index in [2.05, 4.69) is 36.4 Å². The number of halogens is 1. The summed E-state index contributed by atoms with van der Waals surface area (Å²) in [7, 11) is 0. The molecule has 6 heteroatoms. The maximum Gasteiger partial charge on any atom is 0.233 e. The van der Waals surface area contributed by atoms with E-state index in [1.165, 1.54) is 25.6 Å². The number of alkyl halides is 1. The number of H-pyrrole nitrogens is 1. The third kappa shape index (κ3) is 1.83. The Morgan fingerprint density at radius 3 is 2.68 bits per heavy atom. The maximum atomic E-state index is 12.7. The average molecular weight is 325 g/mol. The predicted octanol–water partition coefficient (Wildman–Crippen LogP) is 2.48. The Bertz CT molecular complexity index is 501. The zero-order valence-electron chi connectivity index (χ0n) is 10.7. The van der Waals surface area contributed by atoms with Crippen LogP contribution in [0.2, 0.25) is 0 Å². The molecule has 0 spiro atoms. The van der Waals surface area contributed by atoms with Crippen molar-refractivity contribution >= 4 is 27.8 Å². The molecule has 1 aromatic heterocycles. The van der Waals surface area contributed by atoms with Crippen LogP contribution < -0.4 is 5.32 Å². The highest BCUT2D eigenvalue weighted by molar-refractivity contribution is 9.10. The maximum absolute atomic E-state index is 12.7. The topological polar surface area (TPSA) is 70.7 Å². The van der Waals surface area contributed by atoms with Crippen molar-refractivity contribution in [2.75, 3.05) is 5.32 Å². The first-order valence-electron chi connectivity index (χ1n) is 6.93. The number of aromatic amines is 1. The molecule has 102 valence electrons. The van der Waals surface area contributed by atoms with E-state index in [1.54, 1.807) is 0 Å². The van der Waals surface area contributed by atoms with Crippen molar-refractivity contribution in [3.05, 3.63) is 6.33 Å². The molecule has 2 unspecified atom stereocenters. The van der Waals surface area contributed by atoms with Crippen LogP contribution in [-0.4, -0.2) is 25.4 Å². The largest absolute Gasteiger partial charge is 0.294 e. The van der Waals surface area contributed by atoms with Crippen molar-refractivity contribution in [3.8, 4) is 0 Å². The van der Waals surface area contributed by atoms with Gasteiger partial charge in [-0.1, -0.05) is 15.9 Å². The number of hydrogen-bond acceptors (Lipinski definition) is 3. The normalized spacial score (nSPS) is 43.4. The molecular formula is C13H17BrN4O. The first kappa shape index (κ1) is 11.9. The zero-order chi connectivity index (χ0) is 13.1. The molecule has 0 aliphatic heterocycles. The lowest BCUT2D eigenvalue weighted by molar-refractivity contribution is -0.138. The van der Waals surface area contributed by atoms with Gasteiger partial charge in [-0.25, -0.2) is 5.10 Å². The van der Waals surface area contributed by atoms with Gasteiger partial charge in [-0.2, -0.15) is 10.1 Å². The van der Waals surface area contributed by atoms with E-state index in [0.29, 0.717) is 17.8 Å². The van der Waals surface area contributed by atoms with Gasteiger partial charge in [0.25, 0.3) is 0 Å². The van der Waals surface area contributed by atoms with Gasteiger partial charge in [0.2, 0.25) is 11.9 Å². The molecule has 1 aromatic rings. The minimum absolute atomic E-state index is 0.127. The Kier molecular flexibility index (Phi) is 2.38. The van der Waals surface area contributed by atoms with Gasteiger partial charge >= 0.3 is 0 Å². The van der Waals surface area contributed by atoms with Gasteiger partial charge in [0.1, 0.15) is 6.33 Å². The van der Waals surface area contributed by atoms with Crippen molar-refractivity contribution in [2.45, 2.75) is 42.8 Å². The van der Waals surface area contributed by atoms with E-state index in [9.17, 15) is 4.79 Å². The molecular weight excluding hydrogens is 308 g/mol. The van der Waals surface area contributed by atoms with Gasteiger partial charge in [0, 0.05) is 4.32 Å². The van der Waals surface area contributed by atoms with E-state index in [4.69, 9.17) is 0 Å². The minimum atomic E-state index is -0.194. The molecule has 2 atom stereocenters. The molecule has 4 aliphatic carbocycles. The molecule has 0 aromatic carbocycles. The van der Waals surface area contributed by atoms with Crippen molar-refractivity contribution < 1.29 is 4.79 Å². The van der Waals surface area contributed by atoms with E-state index in [0.717, 1.165) is 19.3 Å². The van der Waals surface area contributed by atoms with Crippen LogP contribution in [-0.2, 0) is 4.79 Å². The molecule has 1 amide bonds. The van der Waals surface area contributed by atoms with Crippen molar-refractivity contribution in [2.24, 2.45) is 17.3 Å². The van der Waals surface area contributed by atoms with Crippen molar-refractivity contribution in [1.82, 2.24) is 15.2 Å². The number of carbonyl (C=O) groups excluding carboxylic acids is 1. The molecule has 4 saturated carbocycles. The lowest BCUT2D eigenvalue weighted by Crippen LogP contribution is -2.57. The van der Waals surface area contributed by atoms with Crippen LogP contribution in [0.3, 0.4) is 0 Å².